The SMILES string of the molecule is CN(CC1CO1)Sc1cc(Br)cc(C(F)(F)F)c1. The fourth-order valence-electron chi connectivity index (χ4n) is 1.46. The summed E-state index contributed by atoms with van der Waals surface area (Å²) in [6.45, 7) is 1.44. The average Bonchev–Trinajstić information content (AvgIpc) is 2.98. The molecule has 1 aliphatic rings. The Morgan fingerprint density at radius 2 is 2.11 bits per heavy atom. The number of alkyl halides is 3. The molecule has 100 valence electrons. The van der Waals surface area contributed by atoms with E-state index in [0.717, 1.165) is 18.7 Å². The molecular formula is C11H11BrF3NOS. The van der Waals surface area contributed by atoms with E-state index in [4.69, 9.17) is 4.74 Å². The molecule has 1 atom stereocenters. The minimum atomic E-state index is -4.32. The third-order valence-corrected chi connectivity index (χ3v) is 3.69. The maximum Gasteiger partial charge on any atom is 0.416 e. The van der Waals surface area contributed by atoms with Crippen LogP contribution in [0.25, 0.3) is 0 Å². The zero-order valence-corrected chi connectivity index (χ0v) is 11.9. The Kier molecular flexibility index (Phi) is 4.25. The highest BCUT2D eigenvalue weighted by molar-refractivity contribution is 9.10. The number of ether oxygens (including phenoxy) is 1. The Hall–Kier alpha value is -0.240. The summed E-state index contributed by atoms with van der Waals surface area (Å²) in [5.41, 5.74) is -0.643. The van der Waals surface area contributed by atoms with Crippen LogP contribution in [0.5, 0.6) is 0 Å². The van der Waals surface area contributed by atoms with Gasteiger partial charge in [-0.1, -0.05) is 15.9 Å². The number of benzene rings is 1. The van der Waals surface area contributed by atoms with E-state index < -0.39 is 11.7 Å². The van der Waals surface area contributed by atoms with Crippen LogP contribution in [0, 0.1) is 0 Å². The second kappa shape index (κ2) is 5.40. The Morgan fingerprint density at radius 1 is 1.44 bits per heavy atom. The number of hydrogen-bond donors (Lipinski definition) is 0. The van der Waals surface area contributed by atoms with Crippen molar-refractivity contribution in [3.8, 4) is 0 Å². The summed E-state index contributed by atoms with van der Waals surface area (Å²) in [5, 5.41) is 0. The highest BCUT2D eigenvalue weighted by atomic mass is 79.9. The van der Waals surface area contributed by atoms with Crippen molar-refractivity contribution in [3.63, 3.8) is 0 Å². The van der Waals surface area contributed by atoms with Crippen molar-refractivity contribution < 1.29 is 17.9 Å². The lowest BCUT2D eigenvalue weighted by Crippen LogP contribution is -2.15. The van der Waals surface area contributed by atoms with Crippen LogP contribution in [0.15, 0.2) is 27.6 Å². The van der Waals surface area contributed by atoms with E-state index in [-0.39, 0.29) is 6.10 Å². The van der Waals surface area contributed by atoms with Crippen LogP contribution in [0.3, 0.4) is 0 Å². The van der Waals surface area contributed by atoms with Crippen LogP contribution in [0.2, 0.25) is 0 Å². The van der Waals surface area contributed by atoms with Crippen molar-refractivity contribution in [2.75, 3.05) is 20.2 Å². The number of nitrogens with zero attached hydrogens (tertiary/aromatic N) is 1. The summed E-state index contributed by atoms with van der Waals surface area (Å²) >= 11 is 4.38. The maximum atomic E-state index is 12.6. The molecule has 1 unspecified atom stereocenters. The lowest BCUT2D eigenvalue weighted by atomic mass is 10.2. The normalized spacial score (nSPS) is 19.3. The molecule has 0 N–H and O–H groups in total. The van der Waals surface area contributed by atoms with E-state index in [1.54, 1.807) is 6.07 Å². The fourth-order valence-corrected chi connectivity index (χ4v) is 3.06. The van der Waals surface area contributed by atoms with Gasteiger partial charge in [0.05, 0.1) is 18.3 Å². The van der Waals surface area contributed by atoms with Crippen molar-refractivity contribution in [3.05, 3.63) is 28.2 Å². The number of halogens is 4. The zero-order chi connectivity index (χ0) is 13.3. The monoisotopic (exact) mass is 341 g/mol. The first-order chi connectivity index (χ1) is 8.34. The minimum Gasteiger partial charge on any atom is -0.372 e. The minimum absolute atomic E-state index is 0.219. The van der Waals surface area contributed by atoms with Crippen LogP contribution < -0.4 is 0 Å². The molecule has 0 amide bonds. The highest BCUT2D eigenvalue weighted by Crippen LogP contribution is 2.35. The Labute approximate surface area is 116 Å². The maximum absolute atomic E-state index is 12.6. The molecule has 1 heterocycles. The standard InChI is InChI=1S/C11H11BrF3NOS/c1-16(5-9-6-17-9)18-10-3-7(11(13,14)15)2-8(12)4-10/h2-4,9H,5-6H2,1H3. The van der Waals surface area contributed by atoms with E-state index in [0.29, 0.717) is 15.9 Å². The van der Waals surface area contributed by atoms with Gasteiger partial charge in [-0.05, 0) is 37.2 Å². The predicted molar refractivity (Wildman–Crippen MR) is 67.4 cm³/mol. The molecule has 0 saturated carbocycles. The van der Waals surface area contributed by atoms with Gasteiger partial charge in [0.25, 0.3) is 0 Å². The van der Waals surface area contributed by atoms with E-state index >= 15 is 0 Å². The Balaban J connectivity index is 2.09. The first-order valence-electron chi connectivity index (χ1n) is 5.23. The van der Waals surface area contributed by atoms with Gasteiger partial charge >= 0.3 is 6.18 Å². The average molecular weight is 342 g/mol. The zero-order valence-electron chi connectivity index (χ0n) is 9.50. The Bertz CT molecular complexity index is 437. The largest absolute Gasteiger partial charge is 0.416 e. The first kappa shape index (κ1) is 14.2. The van der Waals surface area contributed by atoms with Crippen LogP contribution in [0.4, 0.5) is 13.2 Å². The molecule has 0 radical (unpaired) electrons. The van der Waals surface area contributed by atoms with Gasteiger partial charge in [0.2, 0.25) is 0 Å². The smallest absolute Gasteiger partial charge is 0.372 e. The molecule has 2 rings (SSSR count). The van der Waals surface area contributed by atoms with Crippen LogP contribution >= 0.6 is 27.9 Å². The van der Waals surface area contributed by atoms with E-state index in [1.807, 2.05) is 11.4 Å². The van der Waals surface area contributed by atoms with Crippen LogP contribution in [-0.2, 0) is 10.9 Å². The summed E-state index contributed by atoms with van der Waals surface area (Å²) in [7, 11) is 1.83. The summed E-state index contributed by atoms with van der Waals surface area (Å²) in [6.07, 6.45) is -4.10. The van der Waals surface area contributed by atoms with Gasteiger partial charge in [-0.25, -0.2) is 4.31 Å². The molecule has 1 aromatic rings. The molecule has 1 aromatic carbocycles. The molecule has 0 aliphatic carbocycles. The molecule has 0 aromatic heterocycles. The summed E-state index contributed by atoms with van der Waals surface area (Å²) < 4.78 is 45.3. The van der Waals surface area contributed by atoms with Gasteiger partial charge in [-0.15, -0.1) is 0 Å². The summed E-state index contributed by atoms with van der Waals surface area (Å²) in [4.78, 5) is 0.555. The van der Waals surface area contributed by atoms with Crippen molar-refractivity contribution >= 4 is 27.9 Å². The van der Waals surface area contributed by atoms with Crippen LogP contribution in [0.1, 0.15) is 5.56 Å². The highest BCUT2D eigenvalue weighted by Gasteiger charge is 2.31. The van der Waals surface area contributed by atoms with Gasteiger partial charge in [0.1, 0.15) is 0 Å². The fraction of sp³-hybridized carbons (Fsp3) is 0.455. The molecule has 2 nitrogen and oxygen atoms in total. The van der Waals surface area contributed by atoms with E-state index in [9.17, 15) is 13.2 Å². The Morgan fingerprint density at radius 3 is 2.67 bits per heavy atom. The van der Waals surface area contributed by atoms with E-state index in [2.05, 4.69) is 15.9 Å². The van der Waals surface area contributed by atoms with Gasteiger partial charge in [-0.2, -0.15) is 13.2 Å². The molecule has 1 aliphatic heterocycles. The van der Waals surface area contributed by atoms with Crippen LogP contribution in [-0.4, -0.2) is 30.6 Å². The summed E-state index contributed by atoms with van der Waals surface area (Å²) in [6, 6.07) is 3.90. The van der Waals surface area contributed by atoms with Crippen molar-refractivity contribution in [1.29, 1.82) is 0 Å². The molecular weight excluding hydrogens is 331 g/mol. The quantitative estimate of drug-likeness (QED) is 0.611. The van der Waals surface area contributed by atoms with Crippen molar-refractivity contribution in [2.45, 2.75) is 17.2 Å². The predicted octanol–water partition coefficient (Wildman–Crippen LogP) is 3.81. The molecule has 1 saturated heterocycles. The lowest BCUT2D eigenvalue weighted by Gasteiger charge is -2.15. The van der Waals surface area contributed by atoms with Gasteiger partial charge < -0.3 is 4.74 Å². The number of hydrogen-bond acceptors (Lipinski definition) is 3. The summed E-state index contributed by atoms with van der Waals surface area (Å²) in [5.74, 6) is 0. The lowest BCUT2D eigenvalue weighted by molar-refractivity contribution is -0.137. The molecule has 7 heteroatoms. The number of rotatable bonds is 4. The van der Waals surface area contributed by atoms with Gasteiger partial charge in [0.15, 0.2) is 0 Å². The van der Waals surface area contributed by atoms with Crippen molar-refractivity contribution in [2.24, 2.45) is 0 Å². The number of epoxide rings is 1. The van der Waals surface area contributed by atoms with Gasteiger partial charge in [-0.3, -0.25) is 0 Å². The second-order valence-corrected chi connectivity index (χ2v) is 6.22. The molecule has 0 spiro atoms. The van der Waals surface area contributed by atoms with Gasteiger partial charge in [0, 0.05) is 15.9 Å². The second-order valence-electron chi connectivity index (χ2n) is 4.03. The molecule has 18 heavy (non-hydrogen) atoms. The van der Waals surface area contributed by atoms with Crippen molar-refractivity contribution in [1.82, 2.24) is 4.31 Å². The third-order valence-electron chi connectivity index (χ3n) is 2.32. The topological polar surface area (TPSA) is 15.8 Å². The first-order valence-corrected chi connectivity index (χ1v) is 6.80. The number of likely N-dealkylation sites (N-methyl/N-ethyl adjacent to an activating group) is 1. The molecule has 0 bridgehead atoms. The van der Waals surface area contributed by atoms with E-state index in [1.165, 1.54) is 11.9 Å². The molecule has 1 fully saturated rings. The third kappa shape index (κ3) is 4.15.